The maximum absolute atomic E-state index is 12.3. The predicted molar refractivity (Wildman–Crippen MR) is 91.6 cm³/mol. The van der Waals surface area contributed by atoms with Gasteiger partial charge in [0.2, 0.25) is 5.91 Å². The number of carbonyl (C=O) groups excluding carboxylic acids is 2. The zero-order chi connectivity index (χ0) is 16.8. The minimum Gasteiger partial charge on any atom is -0.496 e. The van der Waals surface area contributed by atoms with Crippen LogP contribution in [-0.4, -0.2) is 55.1 Å². The summed E-state index contributed by atoms with van der Waals surface area (Å²) in [5.41, 5.74) is 1.95. The standard InChI is InChI=1S/C17H21NO4S/c1-12-4-6-14(21-2)13(10-12)5-7-16(19)18-8-9-23-15(11-18)17(20)22-3/h4-7,10,15H,8-9,11H2,1-3H3/b7-5+/t15-/m1/s1. The van der Waals surface area contributed by atoms with Gasteiger partial charge in [0.05, 0.1) is 14.2 Å². The average molecular weight is 335 g/mol. The van der Waals surface area contributed by atoms with E-state index < -0.39 is 0 Å². The summed E-state index contributed by atoms with van der Waals surface area (Å²) >= 11 is 1.53. The van der Waals surface area contributed by atoms with Crippen molar-refractivity contribution in [2.24, 2.45) is 0 Å². The van der Waals surface area contributed by atoms with Gasteiger partial charge < -0.3 is 14.4 Å². The summed E-state index contributed by atoms with van der Waals surface area (Å²) in [4.78, 5) is 25.6. The summed E-state index contributed by atoms with van der Waals surface area (Å²) < 4.78 is 10.1. The van der Waals surface area contributed by atoms with Gasteiger partial charge in [-0.1, -0.05) is 11.6 Å². The fourth-order valence-corrected chi connectivity index (χ4v) is 3.50. The number of esters is 1. The van der Waals surface area contributed by atoms with E-state index in [4.69, 9.17) is 9.47 Å². The van der Waals surface area contributed by atoms with Crippen molar-refractivity contribution in [2.75, 3.05) is 33.1 Å². The molecule has 6 heteroatoms. The number of benzene rings is 1. The van der Waals surface area contributed by atoms with Gasteiger partial charge in [-0.05, 0) is 25.1 Å². The lowest BCUT2D eigenvalue weighted by Crippen LogP contribution is -2.44. The molecule has 0 spiro atoms. The second-order valence-corrected chi connectivity index (χ2v) is 6.56. The van der Waals surface area contributed by atoms with Gasteiger partial charge in [-0.25, -0.2) is 0 Å². The Morgan fingerprint density at radius 2 is 2.13 bits per heavy atom. The highest BCUT2D eigenvalue weighted by Gasteiger charge is 2.28. The van der Waals surface area contributed by atoms with E-state index in [0.29, 0.717) is 13.1 Å². The summed E-state index contributed by atoms with van der Waals surface area (Å²) in [6, 6.07) is 5.80. The van der Waals surface area contributed by atoms with Gasteiger partial charge in [-0.3, -0.25) is 9.59 Å². The number of hydrogen-bond donors (Lipinski definition) is 0. The molecule has 1 heterocycles. The molecule has 23 heavy (non-hydrogen) atoms. The Labute approximate surface area is 140 Å². The third-order valence-corrected chi connectivity index (χ3v) is 4.80. The highest BCUT2D eigenvalue weighted by atomic mass is 32.2. The number of nitrogens with zero attached hydrogens (tertiary/aromatic N) is 1. The van der Waals surface area contributed by atoms with Crippen LogP contribution in [0.4, 0.5) is 0 Å². The second-order valence-electron chi connectivity index (χ2n) is 5.25. The molecule has 1 saturated heterocycles. The summed E-state index contributed by atoms with van der Waals surface area (Å²) in [5, 5.41) is -0.306. The van der Waals surface area contributed by atoms with E-state index in [1.54, 1.807) is 18.1 Å². The van der Waals surface area contributed by atoms with Crippen LogP contribution in [0.15, 0.2) is 24.3 Å². The van der Waals surface area contributed by atoms with Crippen LogP contribution in [0.2, 0.25) is 0 Å². The van der Waals surface area contributed by atoms with Gasteiger partial charge in [-0.2, -0.15) is 0 Å². The minimum absolute atomic E-state index is 0.109. The normalized spacial score (nSPS) is 18.0. The van der Waals surface area contributed by atoms with Crippen LogP contribution in [-0.2, 0) is 14.3 Å². The molecule has 1 aliphatic rings. The predicted octanol–water partition coefficient (Wildman–Crippen LogP) is 2.13. The smallest absolute Gasteiger partial charge is 0.320 e. The molecule has 0 aromatic heterocycles. The highest BCUT2D eigenvalue weighted by Crippen LogP contribution is 2.22. The molecule has 124 valence electrons. The Morgan fingerprint density at radius 1 is 1.35 bits per heavy atom. The first-order valence-electron chi connectivity index (χ1n) is 7.36. The van der Waals surface area contributed by atoms with Crippen LogP contribution >= 0.6 is 11.8 Å². The molecule has 1 fully saturated rings. The average Bonchev–Trinajstić information content (AvgIpc) is 2.59. The minimum atomic E-state index is -0.306. The molecule has 0 unspecified atom stereocenters. The zero-order valence-electron chi connectivity index (χ0n) is 13.6. The summed E-state index contributed by atoms with van der Waals surface area (Å²) in [6.45, 7) is 3.00. The second kappa shape index (κ2) is 8.06. The molecule has 0 saturated carbocycles. The Hall–Kier alpha value is -1.95. The van der Waals surface area contributed by atoms with Crippen LogP contribution in [0.3, 0.4) is 0 Å². The molecule has 0 bridgehead atoms. The first-order valence-corrected chi connectivity index (χ1v) is 8.41. The van der Waals surface area contributed by atoms with Crippen LogP contribution in [0.5, 0.6) is 5.75 Å². The molecular formula is C17H21NO4S. The molecule has 1 aliphatic heterocycles. The molecule has 1 amide bonds. The van der Waals surface area contributed by atoms with Gasteiger partial charge in [0.25, 0.3) is 0 Å². The van der Waals surface area contributed by atoms with Crippen LogP contribution in [0, 0.1) is 6.92 Å². The monoisotopic (exact) mass is 335 g/mol. The van der Waals surface area contributed by atoms with Crippen LogP contribution in [0.25, 0.3) is 6.08 Å². The van der Waals surface area contributed by atoms with Crippen LogP contribution < -0.4 is 4.74 Å². The van der Waals surface area contributed by atoms with Crippen molar-refractivity contribution in [1.82, 2.24) is 4.90 Å². The number of methoxy groups -OCH3 is 2. The maximum atomic E-state index is 12.3. The largest absolute Gasteiger partial charge is 0.496 e. The van der Waals surface area contributed by atoms with Crippen molar-refractivity contribution in [1.29, 1.82) is 0 Å². The van der Waals surface area contributed by atoms with Crippen LogP contribution in [0.1, 0.15) is 11.1 Å². The van der Waals surface area contributed by atoms with Crippen molar-refractivity contribution < 1.29 is 19.1 Å². The molecule has 2 rings (SSSR count). The Kier molecular flexibility index (Phi) is 6.10. The summed E-state index contributed by atoms with van der Waals surface area (Å²) in [6.07, 6.45) is 3.28. The Morgan fingerprint density at radius 3 is 2.83 bits per heavy atom. The van der Waals surface area contributed by atoms with Gasteiger partial charge in [0, 0.05) is 30.5 Å². The number of thioether (sulfide) groups is 1. The van der Waals surface area contributed by atoms with E-state index in [1.807, 2.05) is 25.1 Å². The Balaban J connectivity index is 2.06. The van der Waals surface area contributed by atoms with E-state index in [0.717, 1.165) is 22.6 Å². The SMILES string of the molecule is COC(=O)[C@H]1CN(C(=O)/C=C/c2cc(C)ccc2OC)CCS1. The maximum Gasteiger partial charge on any atom is 0.320 e. The summed E-state index contributed by atoms with van der Waals surface area (Å²) in [5.74, 6) is 1.06. The molecule has 1 atom stereocenters. The first-order chi connectivity index (χ1) is 11.0. The fraction of sp³-hybridized carbons (Fsp3) is 0.412. The van der Waals surface area contributed by atoms with Crippen molar-refractivity contribution in [3.63, 3.8) is 0 Å². The van der Waals surface area contributed by atoms with Crippen molar-refractivity contribution in [2.45, 2.75) is 12.2 Å². The molecule has 0 aliphatic carbocycles. The number of ether oxygens (including phenoxy) is 2. The third kappa shape index (κ3) is 4.51. The fourth-order valence-electron chi connectivity index (χ4n) is 2.37. The zero-order valence-corrected chi connectivity index (χ0v) is 14.4. The van der Waals surface area contributed by atoms with Gasteiger partial charge in [0.1, 0.15) is 11.0 Å². The lowest BCUT2D eigenvalue weighted by Gasteiger charge is -2.30. The molecule has 0 radical (unpaired) electrons. The lowest BCUT2D eigenvalue weighted by molar-refractivity contribution is -0.140. The highest BCUT2D eigenvalue weighted by molar-refractivity contribution is 8.00. The molecule has 5 nitrogen and oxygen atoms in total. The van der Waals surface area contributed by atoms with Gasteiger partial charge in [0.15, 0.2) is 0 Å². The van der Waals surface area contributed by atoms with E-state index in [-0.39, 0.29) is 17.1 Å². The van der Waals surface area contributed by atoms with E-state index in [9.17, 15) is 9.59 Å². The van der Waals surface area contributed by atoms with Crippen molar-refractivity contribution in [3.8, 4) is 5.75 Å². The molecular weight excluding hydrogens is 314 g/mol. The van der Waals surface area contributed by atoms with E-state index in [1.165, 1.54) is 24.9 Å². The number of hydrogen-bond acceptors (Lipinski definition) is 5. The third-order valence-electron chi connectivity index (χ3n) is 3.63. The summed E-state index contributed by atoms with van der Waals surface area (Å²) in [7, 11) is 2.97. The van der Waals surface area contributed by atoms with Crippen molar-refractivity contribution in [3.05, 3.63) is 35.4 Å². The van der Waals surface area contributed by atoms with E-state index >= 15 is 0 Å². The van der Waals surface area contributed by atoms with Crippen molar-refractivity contribution >= 4 is 29.7 Å². The van der Waals surface area contributed by atoms with E-state index in [2.05, 4.69) is 0 Å². The molecule has 1 aromatic carbocycles. The number of carbonyl (C=O) groups is 2. The molecule has 1 aromatic rings. The lowest BCUT2D eigenvalue weighted by atomic mass is 10.1. The molecule has 0 N–H and O–H groups in total. The Bertz CT molecular complexity index is 615. The van der Waals surface area contributed by atoms with Gasteiger partial charge >= 0.3 is 5.97 Å². The quantitative estimate of drug-likeness (QED) is 0.623. The first kappa shape index (κ1) is 17.4. The number of aryl methyl sites for hydroxylation is 1. The van der Waals surface area contributed by atoms with Gasteiger partial charge in [-0.15, -0.1) is 11.8 Å². The topological polar surface area (TPSA) is 55.8 Å². The number of amides is 1. The number of rotatable bonds is 4.